The zero-order valence-electron chi connectivity index (χ0n) is 15.0. The third-order valence-corrected chi connectivity index (χ3v) is 3.29. The summed E-state index contributed by atoms with van der Waals surface area (Å²) >= 11 is 0. The quantitative estimate of drug-likeness (QED) is 0.839. The Kier molecular flexibility index (Phi) is 6.17. The van der Waals surface area contributed by atoms with Gasteiger partial charge in [0.15, 0.2) is 0 Å². The first-order valence-electron chi connectivity index (χ1n) is 8.34. The Balaban J connectivity index is 2.06. The van der Waals surface area contributed by atoms with E-state index < -0.39 is 0 Å². The van der Waals surface area contributed by atoms with E-state index in [0.717, 1.165) is 5.75 Å². The summed E-state index contributed by atoms with van der Waals surface area (Å²) in [5.74, 6) is 0.317. The molecule has 0 aliphatic rings. The number of carbonyl (C=O) groups is 2. The van der Waals surface area contributed by atoms with Crippen LogP contribution in [0.4, 0.5) is 5.69 Å². The number of ether oxygens (including phenoxy) is 1. The molecule has 0 fully saturated rings. The molecule has 0 atom stereocenters. The van der Waals surface area contributed by atoms with Crippen molar-refractivity contribution in [2.45, 2.75) is 39.8 Å². The maximum Gasteiger partial charge on any atom is 0.255 e. The largest absolute Gasteiger partial charge is 0.491 e. The Bertz CT molecular complexity index is 737. The van der Waals surface area contributed by atoms with Crippen LogP contribution in [0.5, 0.6) is 5.75 Å². The number of anilines is 1. The van der Waals surface area contributed by atoms with Crippen molar-refractivity contribution in [1.82, 2.24) is 5.32 Å². The Morgan fingerprint density at radius 3 is 2.16 bits per heavy atom. The number of amides is 2. The number of carbonyl (C=O) groups excluding carboxylic acids is 2. The molecule has 0 bridgehead atoms. The van der Waals surface area contributed by atoms with Crippen LogP contribution in [0.2, 0.25) is 0 Å². The molecule has 2 amide bonds. The van der Waals surface area contributed by atoms with E-state index in [0.29, 0.717) is 16.8 Å². The van der Waals surface area contributed by atoms with E-state index in [9.17, 15) is 9.59 Å². The second-order valence-corrected chi connectivity index (χ2v) is 6.35. The minimum absolute atomic E-state index is 0.0531. The average molecular weight is 340 g/mol. The van der Waals surface area contributed by atoms with Gasteiger partial charge < -0.3 is 15.4 Å². The van der Waals surface area contributed by atoms with E-state index in [1.165, 1.54) is 0 Å². The standard InChI is InChI=1S/C20H24N2O3/c1-13(2)21-20(24)16-6-5-7-17(12-16)22-19(23)15-8-10-18(11-9-15)25-14(3)4/h5-14H,1-4H3,(H,21,24)(H,22,23). The molecular formula is C20H24N2O3. The van der Waals surface area contributed by atoms with Crippen molar-refractivity contribution in [3.8, 4) is 5.75 Å². The molecule has 0 saturated carbocycles. The Morgan fingerprint density at radius 1 is 0.880 bits per heavy atom. The molecule has 0 aliphatic carbocycles. The molecule has 25 heavy (non-hydrogen) atoms. The minimum atomic E-state index is -0.238. The van der Waals surface area contributed by atoms with Gasteiger partial charge in [-0.1, -0.05) is 6.07 Å². The molecule has 2 N–H and O–H groups in total. The Labute approximate surface area is 148 Å². The summed E-state index contributed by atoms with van der Waals surface area (Å²) in [4.78, 5) is 24.4. The predicted octanol–water partition coefficient (Wildman–Crippen LogP) is 3.86. The fourth-order valence-electron chi connectivity index (χ4n) is 2.24. The van der Waals surface area contributed by atoms with Crippen molar-refractivity contribution in [2.24, 2.45) is 0 Å². The van der Waals surface area contributed by atoms with Crippen LogP contribution in [0.25, 0.3) is 0 Å². The van der Waals surface area contributed by atoms with Crippen molar-refractivity contribution in [3.63, 3.8) is 0 Å². The van der Waals surface area contributed by atoms with Crippen LogP contribution in [-0.2, 0) is 0 Å². The van der Waals surface area contributed by atoms with Crippen molar-refractivity contribution < 1.29 is 14.3 Å². The molecule has 0 aromatic heterocycles. The summed E-state index contributed by atoms with van der Waals surface area (Å²) in [5.41, 5.74) is 1.60. The molecule has 2 rings (SSSR count). The van der Waals surface area contributed by atoms with Crippen molar-refractivity contribution in [2.75, 3.05) is 5.32 Å². The van der Waals surface area contributed by atoms with Gasteiger partial charge in [0.1, 0.15) is 5.75 Å². The minimum Gasteiger partial charge on any atom is -0.491 e. The van der Waals surface area contributed by atoms with Gasteiger partial charge in [0.2, 0.25) is 0 Å². The van der Waals surface area contributed by atoms with Crippen LogP contribution < -0.4 is 15.4 Å². The second kappa shape index (κ2) is 8.33. The van der Waals surface area contributed by atoms with Gasteiger partial charge >= 0.3 is 0 Å². The first-order valence-corrected chi connectivity index (χ1v) is 8.34. The summed E-state index contributed by atoms with van der Waals surface area (Å²) < 4.78 is 5.56. The van der Waals surface area contributed by atoms with Gasteiger partial charge in [0, 0.05) is 22.9 Å². The lowest BCUT2D eigenvalue weighted by Crippen LogP contribution is -2.30. The zero-order chi connectivity index (χ0) is 18.4. The normalized spacial score (nSPS) is 10.6. The van der Waals surface area contributed by atoms with Crippen LogP contribution >= 0.6 is 0 Å². The first-order chi connectivity index (χ1) is 11.8. The highest BCUT2D eigenvalue weighted by molar-refractivity contribution is 6.05. The van der Waals surface area contributed by atoms with E-state index in [1.807, 2.05) is 27.7 Å². The maximum atomic E-state index is 12.4. The number of benzene rings is 2. The first kappa shape index (κ1) is 18.5. The van der Waals surface area contributed by atoms with Crippen molar-refractivity contribution in [1.29, 1.82) is 0 Å². The molecule has 0 aliphatic heterocycles. The molecule has 0 radical (unpaired) electrons. The zero-order valence-corrected chi connectivity index (χ0v) is 15.0. The highest BCUT2D eigenvalue weighted by Crippen LogP contribution is 2.16. The van der Waals surface area contributed by atoms with Crippen molar-refractivity contribution >= 4 is 17.5 Å². The van der Waals surface area contributed by atoms with Gasteiger partial charge in [-0.3, -0.25) is 9.59 Å². The fraction of sp³-hybridized carbons (Fsp3) is 0.300. The number of nitrogens with one attached hydrogen (secondary N) is 2. The monoisotopic (exact) mass is 340 g/mol. The predicted molar refractivity (Wildman–Crippen MR) is 99.2 cm³/mol. The van der Waals surface area contributed by atoms with Gasteiger partial charge in [0.05, 0.1) is 6.10 Å². The lowest BCUT2D eigenvalue weighted by molar-refractivity contribution is 0.0941. The summed E-state index contributed by atoms with van der Waals surface area (Å²) in [6.07, 6.45) is 0.0828. The molecule has 5 heteroatoms. The average Bonchev–Trinajstić information content (AvgIpc) is 2.54. The van der Waals surface area contributed by atoms with E-state index in [-0.39, 0.29) is 24.0 Å². The van der Waals surface area contributed by atoms with Crippen LogP contribution in [0, 0.1) is 0 Å². The van der Waals surface area contributed by atoms with E-state index in [4.69, 9.17) is 4.74 Å². The Hall–Kier alpha value is -2.82. The van der Waals surface area contributed by atoms with Gasteiger partial charge in [-0.15, -0.1) is 0 Å². The SMILES string of the molecule is CC(C)NC(=O)c1cccc(NC(=O)c2ccc(OC(C)C)cc2)c1. The molecule has 132 valence electrons. The summed E-state index contributed by atoms with van der Waals surface area (Å²) in [7, 11) is 0. The van der Waals surface area contributed by atoms with Gasteiger partial charge in [0.25, 0.3) is 11.8 Å². The van der Waals surface area contributed by atoms with E-state index >= 15 is 0 Å². The van der Waals surface area contributed by atoms with Crippen molar-refractivity contribution in [3.05, 3.63) is 59.7 Å². The molecule has 0 spiro atoms. The molecule has 5 nitrogen and oxygen atoms in total. The molecular weight excluding hydrogens is 316 g/mol. The fourth-order valence-corrected chi connectivity index (χ4v) is 2.24. The lowest BCUT2D eigenvalue weighted by Gasteiger charge is -2.11. The van der Waals surface area contributed by atoms with E-state index in [1.54, 1.807) is 48.5 Å². The lowest BCUT2D eigenvalue weighted by atomic mass is 10.1. The number of hydrogen-bond donors (Lipinski definition) is 2. The second-order valence-electron chi connectivity index (χ2n) is 6.35. The van der Waals surface area contributed by atoms with Crippen LogP contribution in [0.15, 0.2) is 48.5 Å². The smallest absolute Gasteiger partial charge is 0.255 e. The highest BCUT2D eigenvalue weighted by atomic mass is 16.5. The van der Waals surface area contributed by atoms with Crippen LogP contribution in [-0.4, -0.2) is 24.0 Å². The van der Waals surface area contributed by atoms with E-state index in [2.05, 4.69) is 10.6 Å². The maximum absolute atomic E-state index is 12.4. The number of rotatable bonds is 6. The summed E-state index contributed by atoms with van der Waals surface area (Å²) in [5, 5.41) is 5.63. The molecule has 0 unspecified atom stereocenters. The van der Waals surface area contributed by atoms with Crippen LogP contribution in [0.3, 0.4) is 0 Å². The molecule has 2 aromatic rings. The van der Waals surface area contributed by atoms with Gasteiger partial charge in [-0.2, -0.15) is 0 Å². The molecule has 0 heterocycles. The number of hydrogen-bond acceptors (Lipinski definition) is 3. The summed E-state index contributed by atoms with van der Waals surface area (Å²) in [6.45, 7) is 7.69. The highest BCUT2D eigenvalue weighted by Gasteiger charge is 2.10. The van der Waals surface area contributed by atoms with Crippen LogP contribution in [0.1, 0.15) is 48.4 Å². The Morgan fingerprint density at radius 2 is 1.56 bits per heavy atom. The topological polar surface area (TPSA) is 67.4 Å². The van der Waals surface area contributed by atoms with Gasteiger partial charge in [-0.25, -0.2) is 0 Å². The summed E-state index contributed by atoms with van der Waals surface area (Å²) in [6, 6.07) is 13.9. The molecule has 2 aromatic carbocycles. The molecule has 0 saturated heterocycles. The third kappa shape index (κ3) is 5.64. The third-order valence-electron chi connectivity index (χ3n) is 3.29. The van der Waals surface area contributed by atoms with Gasteiger partial charge in [-0.05, 0) is 70.2 Å².